The number of amides is 2. The van der Waals surface area contributed by atoms with Crippen molar-refractivity contribution in [3.05, 3.63) is 59.5 Å². The van der Waals surface area contributed by atoms with E-state index in [1.165, 1.54) is 19.3 Å². The molecule has 6 heteroatoms. The summed E-state index contributed by atoms with van der Waals surface area (Å²) in [6, 6.07) is 11.5. The van der Waals surface area contributed by atoms with Gasteiger partial charge < -0.3 is 15.1 Å². The summed E-state index contributed by atoms with van der Waals surface area (Å²) in [7, 11) is 1.62. The molecule has 1 saturated carbocycles. The van der Waals surface area contributed by atoms with Crippen LogP contribution >= 0.6 is 0 Å². The molecule has 6 nitrogen and oxygen atoms in total. The number of nitrogens with zero attached hydrogens (tertiary/aromatic N) is 1. The van der Waals surface area contributed by atoms with E-state index < -0.39 is 0 Å². The molecule has 2 aromatic rings. The molecular formula is C23H31N3O3. The first-order valence-corrected chi connectivity index (χ1v) is 10.4. The van der Waals surface area contributed by atoms with Gasteiger partial charge in [-0.2, -0.15) is 0 Å². The van der Waals surface area contributed by atoms with E-state index >= 15 is 0 Å². The Morgan fingerprint density at radius 3 is 2.52 bits per heavy atom. The Hall–Kier alpha value is -2.60. The van der Waals surface area contributed by atoms with E-state index in [4.69, 9.17) is 4.42 Å². The lowest BCUT2D eigenvalue weighted by Gasteiger charge is -2.30. The fraction of sp³-hybridized carbons (Fsp3) is 0.478. The second kappa shape index (κ2) is 10.3. The molecule has 2 amide bonds. The second-order valence-corrected chi connectivity index (χ2v) is 7.94. The Labute approximate surface area is 172 Å². The first-order chi connectivity index (χ1) is 14.0. The molecule has 1 aliphatic rings. The number of carbonyl (C=O) groups excluding carboxylic acids is 2. The van der Waals surface area contributed by atoms with E-state index in [9.17, 15) is 9.59 Å². The molecule has 1 aliphatic carbocycles. The molecule has 2 atom stereocenters. The summed E-state index contributed by atoms with van der Waals surface area (Å²) in [5.41, 5.74) is 1.67. The summed E-state index contributed by atoms with van der Waals surface area (Å²) in [5, 5.41) is 5.86. The topological polar surface area (TPSA) is 74.6 Å². The third-order valence-electron chi connectivity index (χ3n) is 5.63. The molecule has 0 saturated heterocycles. The largest absolute Gasteiger partial charge is 0.468 e. The predicted octanol–water partition coefficient (Wildman–Crippen LogP) is 3.34. The van der Waals surface area contributed by atoms with E-state index in [0.29, 0.717) is 31.1 Å². The minimum Gasteiger partial charge on any atom is -0.468 e. The van der Waals surface area contributed by atoms with Crippen LogP contribution < -0.4 is 10.6 Å². The van der Waals surface area contributed by atoms with Crippen molar-refractivity contribution in [1.29, 1.82) is 0 Å². The number of benzene rings is 1. The van der Waals surface area contributed by atoms with Gasteiger partial charge in [0.2, 0.25) is 5.91 Å². The van der Waals surface area contributed by atoms with Gasteiger partial charge in [0.05, 0.1) is 19.4 Å². The van der Waals surface area contributed by atoms with Gasteiger partial charge in [0.25, 0.3) is 5.91 Å². The quantitative estimate of drug-likeness (QED) is 0.716. The number of hydrogen-bond donors (Lipinski definition) is 2. The summed E-state index contributed by atoms with van der Waals surface area (Å²) in [6.45, 7) is 3.68. The van der Waals surface area contributed by atoms with Gasteiger partial charge in [-0.05, 0) is 48.6 Å². The zero-order chi connectivity index (χ0) is 20.6. The highest BCUT2D eigenvalue weighted by Crippen LogP contribution is 2.23. The average molecular weight is 398 g/mol. The summed E-state index contributed by atoms with van der Waals surface area (Å²) >= 11 is 0. The number of furan rings is 1. The summed E-state index contributed by atoms with van der Waals surface area (Å²) in [5.74, 6) is 1.30. The minimum absolute atomic E-state index is 0.0530. The normalized spacial score (nSPS) is 19.1. The van der Waals surface area contributed by atoms with Crippen molar-refractivity contribution in [2.45, 2.75) is 51.7 Å². The van der Waals surface area contributed by atoms with Crippen LogP contribution in [0.2, 0.25) is 0 Å². The number of hydrogen-bond acceptors (Lipinski definition) is 4. The molecule has 1 aromatic carbocycles. The highest BCUT2D eigenvalue weighted by atomic mass is 16.3. The molecule has 1 heterocycles. The van der Waals surface area contributed by atoms with E-state index in [2.05, 4.69) is 22.5 Å². The van der Waals surface area contributed by atoms with Crippen LogP contribution in [0.3, 0.4) is 0 Å². The maximum absolute atomic E-state index is 12.7. The van der Waals surface area contributed by atoms with Gasteiger partial charge in [-0.3, -0.25) is 14.5 Å². The van der Waals surface area contributed by atoms with Crippen LogP contribution in [-0.2, 0) is 17.9 Å². The Morgan fingerprint density at radius 1 is 1.10 bits per heavy atom. The predicted molar refractivity (Wildman–Crippen MR) is 112 cm³/mol. The van der Waals surface area contributed by atoms with Gasteiger partial charge in [-0.15, -0.1) is 0 Å². The SMILES string of the molecule is CNC(=O)c1ccc(CN(CC(=O)NC2CCCCC2C)Cc2ccco2)cc1. The summed E-state index contributed by atoms with van der Waals surface area (Å²) in [4.78, 5) is 26.5. The molecule has 29 heavy (non-hydrogen) atoms. The standard InChI is InChI=1S/C23H31N3O3/c1-17-6-3-4-8-21(17)25-22(27)16-26(15-20-7-5-13-29-20)14-18-9-11-19(12-10-18)23(28)24-2/h5,7,9-13,17,21H,3-4,6,8,14-16H2,1-2H3,(H,24,28)(H,25,27). The monoisotopic (exact) mass is 397 g/mol. The maximum atomic E-state index is 12.7. The Morgan fingerprint density at radius 2 is 1.86 bits per heavy atom. The van der Waals surface area contributed by atoms with Crippen LogP contribution in [0.5, 0.6) is 0 Å². The van der Waals surface area contributed by atoms with Crippen LogP contribution in [0.4, 0.5) is 0 Å². The lowest BCUT2D eigenvalue weighted by atomic mass is 9.86. The van der Waals surface area contributed by atoms with Crippen molar-refractivity contribution >= 4 is 11.8 Å². The molecule has 2 N–H and O–H groups in total. The van der Waals surface area contributed by atoms with Crippen molar-refractivity contribution in [2.24, 2.45) is 5.92 Å². The Balaban J connectivity index is 1.64. The zero-order valence-corrected chi connectivity index (χ0v) is 17.3. The van der Waals surface area contributed by atoms with Crippen molar-refractivity contribution in [3.8, 4) is 0 Å². The number of rotatable bonds is 8. The van der Waals surface area contributed by atoms with Gasteiger partial charge in [-0.1, -0.05) is 31.9 Å². The maximum Gasteiger partial charge on any atom is 0.251 e. The number of nitrogens with one attached hydrogen (secondary N) is 2. The van der Waals surface area contributed by atoms with E-state index in [0.717, 1.165) is 17.7 Å². The molecule has 0 radical (unpaired) electrons. The molecule has 1 fully saturated rings. The van der Waals surface area contributed by atoms with Gasteiger partial charge >= 0.3 is 0 Å². The van der Waals surface area contributed by atoms with Gasteiger partial charge in [0.1, 0.15) is 5.76 Å². The van der Waals surface area contributed by atoms with Crippen molar-refractivity contribution in [3.63, 3.8) is 0 Å². The van der Waals surface area contributed by atoms with Crippen molar-refractivity contribution in [1.82, 2.24) is 15.5 Å². The van der Waals surface area contributed by atoms with Gasteiger partial charge in [-0.25, -0.2) is 0 Å². The van der Waals surface area contributed by atoms with E-state index in [-0.39, 0.29) is 17.9 Å². The van der Waals surface area contributed by atoms with Crippen LogP contribution in [0, 0.1) is 5.92 Å². The van der Waals surface area contributed by atoms with Crippen molar-refractivity contribution in [2.75, 3.05) is 13.6 Å². The Bertz CT molecular complexity index is 786. The van der Waals surface area contributed by atoms with Crippen LogP contribution in [0.15, 0.2) is 47.1 Å². The fourth-order valence-electron chi connectivity index (χ4n) is 3.94. The molecule has 2 unspecified atom stereocenters. The summed E-state index contributed by atoms with van der Waals surface area (Å²) < 4.78 is 5.49. The fourth-order valence-corrected chi connectivity index (χ4v) is 3.94. The minimum atomic E-state index is -0.107. The van der Waals surface area contributed by atoms with Crippen molar-refractivity contribution < 1.29 is 14.0 Å². The van der Waals surface area contributed by atoms with Gasteiger partial charge in [0.15, 0.2) is 0 Å². The molecule has 1 aromatic heterocycles. The van der Waals surface area contributed by atoms with Gasteiger partial charge in [0, 0.05) is 25.2 Å². The highest BCUT2D eigenvalue weighted by Gasteiger charge is 2.23. The second-order valence-electron chi connectivity index (χ2n) is 7.94. The smallest absolute Gasteiger partial charge is 0.251 e. The Kier molecular flexibility index (Phi) is 7.47. The summed E-state index contributed by atoms with van der Waals surface area (Å²) in [6.07, 6.45) is 6.33. The number of carbonyl (C=O) groups is 2. The third-order valence-corrected chi connectivity index (χ3v) is 5.63. The molecular weight excluding hydrogens is 366 g/mol. The average Bonchev–Trinajstić information content (AvgIpc) is 3.22. The molecule has 0 aliphatic heterocycles. The van der Waals surface area contributed by atoms with Crippen LogP contribution in [-0.4, -0.2) is 36.3 Å². The third kappa shape index (κ3) is 6.19. The first-order valence-electron chi connectivity index (χ1n) is 10.4. The first kappa shape index (κ1) is 21.1. The van der Waals surface area contributed by atoms with E-state index in [1.54, 1.807) is 13.3 Å². The molecule has 0 spiro atoms. The highest BCUT2D eigenvalue weighted by molar-refractivity contribution is 5.93. The van der Waals surface area contributed by atoms with E-state index in [1.807, 2.05) is 36.4 Å². The molecule has 0 bridgehead atoms. The molecule has 3 rings (SSSR count). The molecule has 156 valence electrons. The van der Waals surface area contributed by atoms with Crippen LogP contribution in [0.1, 0.15) is 54.3 Å². The lowest BCUT2D eigenvalue weighted by molar-refractivity contribution is -0.123. The lowest BCUT2D eigenvalue weighted by Crippen LogP contribution is -2.45. The van der Waals surface area contributed by atoms with Crippen LogP contribution in [0.25, 0.3) is 0 Å². The zero-order valence-electron chi connectivity index (χ0n) is 17.3.